The summed E-state index contributed by atoms with van der Waals surface area (Å²) in [5, 5.41) is 1.15. The quantitative estimate of drug-likeness (QED) is 0.660. The molecule has 0 aliphatic carbocycles. The molecule has 0 bridgehead atoms. The predicted octanol–water partition coefficient (Wildman–Crippen LogP) is 3.75. The number of fused-ring (bicyclic) bond motifs is 1. The SMILES string of the molecule is COc1cccc(CC(=O)N2CCN([C@@H](C)c3nc4ccccc4s3)CC2)c1. The van der Waals surface area contributed by atoms with Crippen molar-refractivity contribution in [3.05, 3.63) is 59.1 Å². The van der Waals surface area contributed by atoms with Crippen molar-refractivity contribution in [3.8, 4) is 5.75 Å². The minimum atomic E-state index is 0.181. The highest BCUT2D eigenvalue weighted by molar-refractivity contribution is 7.18. The van der Waals surface area contributed by atoms with E-state index < -0.39 is 0 Å². The summed E-state index contributed by atoms with van der Waals surface area (Å²) in [4.78, 5) is 21.9. The molecule has 3 aromatic rings. The monoisotopic (exact) mass is 395 g/mol. The molecule has 1 atom stereocenters. The smallest absolute Gasteiger partial charge is 0.227 e. The fourth-order valence-electron chi connectivity index (χ4n) is 3.65. The Morgan fingerprint density at radius 1 is 1.14 bits per heavy atom. The maximum absolute atomic E-state index is 12.7. The van der Waals surface area contributed by atoms with E-state index in [1.807, 2.05) is 35.2 Å². The summed E-state index contributed by atoms with van der Waals surface area (Å²) >= 11 is 1.77. The number of rotatable bonds is 5. The van der Waals surface area contributed by atoms with Gasteiger partial charge in [0.2, 0.25) is 5.91 Å². The van der Waals surface area contributed by atoms with Gasteiger partial charge in [-0.1, -0.05) is 24.3 Å². The topological polar surface area (TPSA) is 45.7 Å². The van der Waals surface area contributed by atoms with Crippen molar-refractivity contribution in [2.75, 3.05) is 33.3 Å². The lowest BCUT2D eigenvalue weighted by molar-refractivity contribution is -0.132. The summed E-state index contributed by atoms with van der Waals surface area (Å²) in [5.74, 6) is 0.973. The van der Waals surface area contributed by atoms with E-state index in [0.29, 0.717) is 6.42 Å². The van der Waals surface area contributed by atoms with E-state index in [4.69, 9.17) is 9.72 Å². The first-order valence-electron chi connectivity index (χ1n) is 9.64. The van der Waals surface area contributed by atoms with E-state index in [2.05, 4.69) is 30.0 Å². The largest absolute Gasteiger partial charge is 0.497 e. The highest BCUT2D eigenvalue weighted by Crippen LogP contribution is 2.30. The van der Waals surface area contributed by atoms with Crippen LogP contribution in [0.15, 0.2) is 48.5 Å². The lowest BCUT2D eigenvalue weighted by Gasteiger charge is -2.37. The summed E-state index contributed by atoms with van der Waals surface area (Å²) < 4.78 is 6.48. The Hall–Kier alpha value is -2.44. The molecule has 2 aromatic carbocycles. The van der Waals surface area contributed by atoms with Crippen LogP contribution in [0.4, 0.5) is 0 Å². The zero-order valence-electron chi connectivity index (χ0n) is 16.3. The first-order valence-corrected chi connectivity index (χ1v) is 10.5. The molecule has 28 heavy (non-hydrogen) atoms. The van der Waals surface area contributed by atoms with Gasteiger partial charge in [-0.05, 0) is 36.8 Å². The first-order chi connectivity index (χ1) is 13.6. The lowest BCUT2D eigenvalue weighted by atomic mass is 10.1. The van der Waals surface area contributed by atoms with Gasteiger partial charge in [0.15, 0.2) is 0 Å². The molecular weight excluding hydrogens is 370 g/mol. The number of carbonyl (C=O) groups excluding carboxylic acids is 1. The highest BCUT2D eigenvalue weighted by atomic mass is 32.1. The van der Waals surface area contributed by atoms with Crippen LogP contribution in [0.3, 0.4) is 0 Å². The van der Waals surface area contributed by atoms with Crippen LogP contribution in [-0.2, 0) is 11.2 Å². The molecule has 6 heteroatoms. The number of nitrogens with zero attached hydrogens (tertiary/aromatic N) is 3. The Kier molecular flexibility index (Phi) is 5.59. The van der Waals surface area contributed by atoms with Crippen LogP contribution in [0.5, 0.6) is 5.75 Å². The van der Waals surface area contributed by atoms with Crippen LogP contribution in [0.2, 0.25) is 0 Å². The standard InChI is InChI=1S/C22H25N3O2S/c1-16(22-23-19-8-3-4-9-20(19)28-22)24-10-12-25(13-11-24)21(26)15-17-6-5-7-18(14-17)27-2/h3-9,14,16H,10-13,15H2,1-2H3/t16-/m0/s1. The van der Waals surface area contributed by atoms with Crippen molar-refractivity contribution < 1.29 is 9.53 Å². The third kappa shape index (κ3) is 4.03. The predicted molar refractivity (Wildman–Crippen MR) is 113 cm³/mol. The molecule has 1 aliphatic rings. The van der Waals surface area contributed by atoms with Crippen LogP contribution in [0.1, 0.15) is 23.5 Å². The summed E-state index contributed by atoms with van der Waals surface area (Å²) in [6.45, 7) is 5.49. The maximum atomic E-state index is 12.7. The molecule has 2 heterocycles. The molecule has 5 nitrogen and oxygen atoms in total. The first kappa shape index (κ1) is 18.9. The number of thiazole rings is 1. The minimum absolute atomic E-state index is 0.181. The van der Waals surface area contributed by atoms with E-state index in [9.17, 15) is 4.79 Å². The maximum Gasteiger partial charge on any atom is 0.227 e. The number of methoxy groups -OCH3 is 1. The van der Waals surface area contributed by atoms with E-state index >= 15 is 0 Å². The second-order valence-electron chi connectivity index (χ2n) is 7.14. The summed E-state index contributed by atoms with van der Waals surface area (Å²) in [7, 11) is 1.65. The third-order valence-electron chi connectivity index (χ3n) is 5.37. The van der Waals surface area contributed by atoms with Gasteiger partial charge in [-0.2, -0.15) is 0 Å². The number of piperazine rings is 1. The molecule has 0 unspecified atom stereocenters. The molecule has 1 aliphatic heterocycles. The van der Waals surface area contributed by atoms with E-state index in [0.717, 1.165) is 48.0 Å². The second kappa shape index (κ2) is 8.29. The summed E-state index contributed by atoms with van der Waals surface area (Å²) in [6, 6.07) is 16.3. The Labute approximate surface area is 169 Å². The summed E-state index contributed by atoms with van der Waals surface area (Å²) in [6.07, 6.45) is 0.421. The van der Waals surface area contributed by atoms with Crippen LogP contribution < -0.4 is 4.74 Å². The highest BCUT2D eigenvalue weighted by Gasteiger charge is 2.26. The van der Waals surface area contributed by atoms with Crippen LogP contribution >= 0.6 is 11.3 Å². The number of aromatic nitrogens is 1. The minimum Gasteiger partial charge on any atom is -0.497 e. The molecule has 0 spiro atoms. The van der Waals surface area contributed by atoms with Gasteiger partial charge >= 0.3 is 0 Å². The average molecular weight is 396 g/mol. The molecule has 0 saturated carbocycles. The van der Waals surface area contributed by atoms with E-state index in [1.54, 1.807) is 18.4 Å². The Morgan fingerprint density at radius 2 is 1.93 bits per heavy atom. The number of carbonyl (C=O) groups is 1. The van der Waals surface area contributed by atoms with Crippen molar-refractivity contribution in [3.63, 3.8) is 0 Å². The second-order valence-corrected chi connectivity index (χ2v) is 8.20. The van der Waals surface area contributed by atoms with Gasteiger partial charge in [0.1, 0.15) is 10.8 Å². The number of hydrogen-bond acceptors (Lipinski definition) is 5. The molecule has 0 N–H and O–H groups in total. The lowest BCUT2D eigenvalue weighted by Crippen LogP contribution is -2.49. The summed E-state index contributed by atoms with van der Waals surface area (Å²) in [5.41, 5.74) is 2.07. The molecule has 4 rings (SSSR count). The van der Waals surface area contributed by atoms with Gasteiger partial charge in [-0.3, -0.25) is 9.69 Å². The number of ether oxygens (including phenoxy) is 1. The number of amides is 1. The molecule has 1 amide bonds. The molecule has 146 valence electrons. The normalized spacial score (nSPS) is 16.3. The van der Waals surface area contributed by atoms with E-state index in [-0.39, 0.29) is 11.9 Å². The Balaban J connectivity index is 1.35. The molecule has 1 saturated heterocycles. The number of hydrogen-bond donors (Lipinski definition) is 0. The van der Waals surface area contributed by atoms with Crippen molar-refractivity contribution in [2.45, 2.75) is 19.4 Å². The van der Waals surface area contributed by atoms with Gasteiger partial charge in [-0.25, -0.2) is 4.98 Å². The van der Waals surface area contributed by atoms with Crippen LogP contribution in [0, 0.1) is 0 Å². The zero-order valence-corrected chi connectivity index (χ0v) is 17.1. The number of benzene rings is 2. The Morgan fingerprint density at radius 3 is 2.68 bits per heavy atom. The van der Waals surface area contributed by atoms with E-state index in [1.165, 1.54) is 4.70 Å². The third-order valence-corrected chi connectivity index (χ3v) is 6.58. The molecular formula is C22H25N3O2S. The van der Waals surface area contributed by atoms with Gasteiger partial charge in [0, 0.05) is 26.2 Å². The van der Waals surface area contributed by atoms with Crippen molar-refractivity contribution >= 4 is 27.5 Å². The molecule has 0 radical (unpaired) electrons. The zero-order chi connectivity index (χ0) is 19.5. The van der Waals surface area contributed by atoms with Gasteiger partial charge < -0.3 is 9.64 Å². The van der Waals surface area contributed by atoms with Crippen LogP contribution in [0.25, 0.3) is 10.2 Å². The number of para-hydroxylation sites is 1. The molecule has 1 aromatic heterocycles. The van der Waals surface area contributed by atoms with Gasteiger partial charge in [-0.15, -0.1) is 11.3 Å². The Bertz CT molecular complexity index is 930. The van der Waals surface area contributed by atoms with Crippen LogP contribution in [-0.4, -0.2) is 54.0 Å². The fourth-order valence-corrected chi connectivity index (χ4v) is 4.71. The molecule has 1 fully saturated rings. The van der Waals surface area contributed by atoms with Crippen molar-refractivity contribution in [1.29, 1.82) is 0 Å². The fraction of sp³-hybridized carbons (Fsp3) is 0.364. The van der Waals surface area contributed by atoms with Crippen molar-refractivity contribution in [2.24, 2.45) is 0 Å². The van der Waals surface area contributed by atoms with Crippen molar-refractivity contribution in [1.82, 2.24) is 14.8 Å². The van der Waals surface area contributed by atoms with Gasteiger partial charge in [0.05, 0.1) is 29.8 Å². The average Bonchev–Trinajstić information content (AvgIpc) is 3.17. The van der Waals surface area contributed by atoms with Gasteiger partial charge in [0.25, 0.3) is 0 Å².